The third kappa shape index (κ3) is 3.04. The van der Waals surface area contributed by atoms with E-state index in [0.717, 1.165) is 6.42 Å². The van der Waals surface area contributed by atoms with Crippen LogP contribution in [-0.2, 0) is 9.53 Å². The second-order valence-electron chi connectivity index (χ2n) is 5.17. The van der Waals surface area contributed by atoms with Crippen LogP contribution in [0.25, 0.3) is 0 Å². The molecule has 0 aliphatic heterocycles. The molecule has 0 aromatic rings. The predicted molar refractivity (Wildman–Crippen MR) is 74.4 cm³/mol. The van der Waals surface area contributed by atoms with Gasteiger partial charge >= 0.3 is 5.97 Å². The Kier molecular flexibility index (Phi) is 4.05. The first-order valence-electron chi connectivity index (χ1n) is 6.58. The minimum absolute atomic E-state index is 0.000499. The molecule has 2 aliphatic rings. The minimum atomic E-state index is -0.446. The molecule has 0 heterocycles. The van der Waals surface area contributed by atoms with Gasteiger partial charge in [-0.2, -0.15) is 0 Å². The molecule has 0 aromatic heterocycles. The number of hydrogen-bond acceptors (Lipinski definition) is 3. The van der Waals surface area contributed by atoms with Crippen molar-refractivity contribution in [2.75, 3.05) is 13.7 Å². The maximum absolute atomic E-state index is 11.2. The molecule has 2 rings (SSSR count). The van der Waals surface area contributed by atoms with Gasteiger partial charge in [-0.25, -0.2) is 0 Å². The highest BCUT2D eigenvalue weighted by Crippen LogP contribution is 2.39. The zero-order valence-electron chi connectivity index (χ0n) is 11.2. The molecular formula is C16H20O3. The van der Waals surface area contributed by atoms with E-state index in [1.807, 2.05) is 12.2 Å². The zero-order valence-corrected chi connectivity index (χ0v) is 11.2. The summed E-state index contributed by atoms with van der Waals surface area (Å²) in [6, 6.07) is 0. The summed E-state index contributed by atoms with van der Waals surface area (Å²) in [4.78, 5) is 11.2. The summed E-state index contributed by atoms with van der Waals surface area (Å²) in [6.07, 6.45) is 18.6. The number of esters is 1. The number of aliphatic hydroxyl groups is 1. The quantitative estimate of drug-likeness (QED) is 0.624. The first-order valence-corrected chi connectivity index (χ1v) is 6.58. The van der Waals surface area contributed by atoms with Crippen LogP contribution in [0.5, 0.6) is 0 Å². The van der Waals surface area contributed by atoms with Crippen LogP contribution < -0.4 is 0 Å². The molecule has 1 N–H and O–H groups in total. The normalized spacial score (nSPS) is 21.8. The third-order valence-corrected chi connectivity index (χ3v) is 3.81. The highest BCUT2D eigenvalue weighted by molar-refractivity contribution is 5.69. The maximum atomic E-state index is 11.2. The van der Waals surface area contributed by atoms with E-state index in [-0.39, 0.29) is 18.0 Å². The summed E-state index contributed by atoms with van der Waals surface area (Å²) in [6.45, 7) is 0.000499. The van der Waals surface area contributed by atoms with Crippen LogP contribution in [0.3, 0.4) is 0 Å². The Balaban J connectivity index is 2.09. The first kappa shape index (κ1) is 13.8. The van der Waals surface area contributed by atoms with E-state index in [1.165, 1.54) is 7.11 Å². The van der Waals surface area contributed by atoms with Gasteiger partial charge in [-0.15, -0.1) is 0 Å². The molecule has 19 heavy (non-hydrogen) atoms. The van der Waals surface area contributed by atoms with E-state index in [9.17, 15) is 9.90 Å². The van der Waals surface area contributed by atoms with Gasteiger partial charge in [-0.3, -0.25) is 4.79 Å². The molecule has 0 saturated heterocycles. The monoisotopic (exact) mass is 260 g/mol. The Labute approximate surface area is 114 Å². The summed E-state index contributed by atoms with van der Waals surface area (Å²) in [7, 11) is 1.38. The van der Waals surface area contributed by atoms with E-state index in [0.29, 0.717) is 12.8 Å². The van der Waals surface area contributed by atoms with Crippen molar-refractivity contribution in [1.29, 1.82) is 0 Å². The molecule has 0 aromatic carbocycles. The second kappa shape index (κ2) is 5.57. The first-order chi connectivity index (χ1) is 9.14. The Bertz CT molecular complexity index is 427. The maximum Gasteiger partial charge on any atom is 0.305 e. The van der Waals surface area contributed by atoms with Gasteiger partial charge in [0.15, 0.2) is 0 Å². The number of rotatable bonds is 4. The van der Waals surface area contributed by atoms with E-state index in [1.54, 1.807) is 0 Å². The van der Waals surface area contributed by atoms with Crippen LogP contribution in [0.15, 0.2) is 48.6 Å². The average molecular weight is 260 g/mol. The minimum Gasteiger partial charge on any atom is -0.469 e. The number of hydrogen-bond donors (Lipinski definition) is 1. The third-order valence-electron chi connectivity index (χ3n) is 3.81. The molecule has 2 aliphatic carbocycles. The van der Waals surface area contributed by atoms with Crippen molar-refractivity contribution in [3.8, 4) is 0 Å². The zero-order chi connectivity index (χ0) is 13.8. The second-order valence-corrected chi connectivity index (χ2v) is 5.17. The van der Waals surface area contributed by atoms with Crippen LogP contribution in [0.1, 0.15) is 19.3 Å². The molecule has 0 atom stereocenters. The molecule has 0 bridgehead atoms. The van der Waals surface area contributed by atoms with E-state index in [2.05, 4.69) is 41.2 Å². The number of methoxy groups -OCH3 is 1. The van der Waals surface area contributed by atoms with Crippen molar-refractivity contribution < 1.29 is 14.6 Å². The van der Waals surface area contributed by atoms with Gasteiger partial charge in [-0.05, 0) is 12.8 Å². The van der Waals surface area contributed by atoms with Gasteiger partial charge in [0, 0.05) is 17.3 Å². The molecular weight excluding hydrogens is 240 g/mol. The number of carbonyl (C=O) groups is 1. The Morgan fingerprint density at radius 3 is 2.32 bits per heavy atom. The summed E-state index contributed by atoms with van der Waals surface area (Å²) in [5, 5.41) is 9.62. The molecule has 0 saturated carbocycles. The van der Waals surface area contributed by atoms with Crippen molar-refractivity contribution in [2.45, 2.75) is 19.3 Å². The molecule has 3 nitrogen and oxygen atoms in total. The van der Waals surface area contributed by atoms with E-state index < -0.39 is 5.41 Å². The summed E-state index contributed by atoms with van der Waals surface area (Å²) in [5.74, 6) is -0.243. The van der Waals surface area contributed by atoms with Gasteiger partial charge in [0.2, 0.25) is 0 Å². The lowest BCUT2D eigenvalue weighted by atomic mass is 9.72. The average Bonchev–Trinajstić information content (AvgIpc) is 2.48. The Morgan fingerprint density at radius 1 is 1.16 bits per heavy atom. The largest absolute Gasteiger partial charge is 0.469 e. The standard InChI is InChI=1S/C16H20O3/c1-19-14(18)5-8-16(13-17)11-9-15(10-12-16)6-3-2-4-7-15/h3-4,6-7,9-12,17H,2,5,8,13H2,1H3. The van der Waals surface area contributed by atoms with Gasteiger partial charge in [0.25, 0.3) is 0 Å². The predicted octanol–water partition coefficient (Wildman–Crippen LogP) is 2.55. The Hall–Kier alpha value is -1.61. The lowest BCUT2D eigenvalue weighted by Gasteiger charge is -2.33. The highest BCUT2D eigenvalue weighted by atomic mass is 16.5. The lowest BCUT2D eigenvalue weighted by molar-refractivity contribution is -0.141. The Morgan fingerprint density at radius 2 is 1.79 bits per heavy atom. The van der Waals surface area contributed by atoms with E-state index in [4.69, 9.17) is 0 Å². The highest BCUT2D eigenvalue weighted by Gasteiger charge is 2.31. The van der Waals surface area contributed by atoms with Gasteiger partial charge in [0.1, 0.15) is 0 Å². The lowest BCUT2D eigenvalue weighted by Crippen LogP contribution is -2.27. The van der Waals surface area contributed by atoms with Crippen LogP contribution >= 0.6 is 0 Å². The van der Waals surface area contributed by atoms with Crippen LogP contribution in [0.4, 0.5) is 0 Å². The van der Waals surface area contributed by atoms with Crippen molar-refractivity contribution >= 4 is 5.97 Å². The number of aliphatic hydroxyl groups excluding tert-OH is 1. The number of ether oxygens (including phenoxy) is 1. The van der Waals surface area contributed by atoms with Crippen molar-refractivity contribution in [1.82, 2.24) is 0 Å². The van der Waals surface area contributed by atoms with Gasteiger partial charge in [-0.1, -0.05) is 48.6 Å². The fourth-order valence-corrected chi connectivity index (χ4v) is 2.42. The summed E-state index contributed by atoms with van der Waals surface area (Å²) >= 11 is 0. The molecule has 0 unspecified atom stereocenters. The van der Waals surface area contributed by atoms with Gasteiger partial charge < -0.3 is 9.84 Å². The molecule has 0 radical (unpaired) electrons. The van der Waals surface area contributed by atoms with Crippen LogP contribution in [-0.4, -0.2) is 24.8 Å². The molecule has 102 valence electrons. The van der Waals surface area contributed by atoms with Gasteiger partial charge in [0.05, 0.1) is 13.7 Å². The molecule has 3 heteroatoms. The summed E-state index contributed by atoms with van der Waals surface area (Å²) in [5.41, 5.74) is -0.596. The fraction of sp³-hybridized carbons (Fsp3) is 0.438. The van der Waals surface area contributed by atoms with Crippen LogP contribution in [0, 0.1) is 10.8 Å². The SMILES string of the molecule is COC(=O)CCC1(CO)C=CC2(C=CCC=C2)C=C1. The van der Waals surface area contributed by atoms with E-state index >= 15 is 0 Å². The van der Waals surface area contributed by atoms with Crippen molar-refractivity contribution in [3.05, 3.63) is 48.6 Å². The fourth-order valence-electron chi connectivity index (χ4n) is 2.42. The van der Waals surface area contributed by atoms with Crippen LogP contribution in [0.2, 0.25) is 0 Å². The molecule has 0 fully saturated rings. The smallest absolute Gasteiger partial charge is 0.305 e. The van der Waals surface area contributed by atoms with Crippen molar-refractivity contribution in [3.63, 3.8) is 0 Å². The van der Waals surface area contributed by atoms with Crippen molar-refractivity contribution in [2.24, 2.45) is 10.8 Å². The number of allylic oxidation sites excluding steroid dienone is 6. The number of carbonyl (C=O) groups excluding carboxylic acids is 1. The molecule has 0 amide bonds. The molecule has 1 spiro atoms. The topological polar surface area (TPSA) is 46.5 Å². The summed E-state index contributed by atoms with van der Waals surface area (Å²) < 4.78 is 4.65.